The molecule has 1 N–H and O–H groups in total. The number of carbonyl (C=O) groups is 2. The number of para-hydroxylation sites is 1. The number of nitrogens with one attached hydrogen (secondary N) is 1. The summed E-state index contributed by atoms with van der Waals surface area (Å²) in [4.78, 5) is 30.0. The second-order valence-corrected chi connectivity index (χ2v) is 9.02. The fourth-order valence-corrected chi connectivity index (χ4v) is 4.79. The van der Waals surface area contributed by atoms with Gasteiger partial charge < -0.3 is 24.4 Å². The van der Waals surface area contributed by atoms with Gasteiger partial charge in [-0.2, -0.15) is 0 Å². The van der Waals surface area contributed by atoms with Crippen LogP contribution >= 0.6 is 12.2 Å². The number of benzene rings is 3. The van der Waals surface area contributed by atoms with E-state index in [-0.39, 0.29) is 18.2 Å². The quantitative estimate of drug-likeness (QED) is 0.359. The molecule has 2 amide bonds. The lowest BCUT2D eigenvalue weighted by Gasteiger charge is -2.24. The first-order valence-electron chi connectivity index (χ1n) is 12.4. The maximum Gasteiger partial charge on any atom is 0.256 e. The average molecular weight is 534 g/mol. The van der Waals surface area contributed by atoms with E-state index in [2.05, 4.69) is 5.32 Å². The van der Waals surface area contributed by atoms with Crippen molar-refractivity contribution in [2.24, 2.45) is 0 Å². The zero-order valence-corrected chi connectivity index (χ0v) is 22.5. The molecule has 1 atom stereocenters. The highest BCUT2D eigenvalue weighted by atomic mass is 32.1. The minimum Gasteiger partial charge on any atom is -0.494 e. The third-order valence-electron chi connectivity index (χ3n) is 6.25. The Kier molecular flexibility index (Phi) is 8.81. The molecule has 0 radical (unpaired) electrons. The molecule has 9 heteroatoms. The smallest absolute Gasteiger partial charge is 0.256 e. The van der Waals surface area contributed by atoms with Gasteiger partial charge in [-0.1, -0.05) is 24.3 Å². The van der Waals surface area contributed by atoms with Crippen LogP contribution < -0.4 is 24.4 Å². The number of hydrogen-bond donors (Lipinski definition) is 1. The Hall–Kier alpha value is -4.11. The van der Waals surface area contributed by atoms with E-state index in [0.717, 1.165) is 5.56 Å². The molecule has 1 saturated heterocycles. The lowest BCUT2D eigenvalue weighted by molar-refractivity contribution is -0.124. The van der Waals surface area contributed by atoms with Gasteiger partial charge in [0.05, 0.1) is 32.9 Å². The van der Waals surface area contributed by atoms with Gasteiger partial charge in [-0.05, 0) is 79.7 Å². The first-order chi connectivity index (χ1) is 18.4. The number of nitrogens with zero attached hydrogens (tertiary/aromatic N) is 2. The number of ether oxygens (including phenoxy) is 3. The van der Waals surface area contributed by atoms with Crippen LogP contribution in [0.1, 0.15) is 18.9 Å². The molecule has 0 aliphatic carbocycles. The Balaban J connectivity index is 1.56. The maximum absolute atomic E-state index is 13.7. The van der Waals surface area contributed by atoms with E-state index < -0.39 is 6.04 Å². The molecule has 1 unspecified atom stereocenters. The summed E-state index contributed by atoms with van der Waals surface area (Å²) in [5.74, 6) is 1.47. The molecule has 0 bridgehead atoms. The lowest BCUT2D eigenvalue weighted by Crippen LogP contribution is -2.39. The van der Waals surface area contributed by atoms with Crippen LogP contribution in [0.25, 0.3) is 0 Å². The highest BCUT2D eigenvalue weighted by Gasteiger charge is 2.44. The molecular formula is C29H31N3O5S. The van der Waals surface area contributed by atoms with Crippen LogP contribution in [0.5, 0.6) is 17.2 Å². The van der Waals surface area contributed by atoms with E-state index in [1.54, 1.807) is 50.6 Å². The van der Waals surface area contributed by atoms with Gasteiger partial charge in [0.15, 0.2) is 16.6 Å². The molecule has 1 heterocycles. The molecule has 4 rings (SSSR count). The lowest BCUT2D eigenvalue weighted by atomic mass is 10.1. The summed E-state index contributed by atoms with van der Waals surface area (Å²) in [6, 6.07) is 21.3. The van der Waals surface area contributed by atoms with Crippen LogP contribution in [0.2, 0.25) is 0 Å². The number of methoxy groups -OCH3 is 2. The second kappa shape index (κ2) is 12.4. The monoisotopic (exact) mass is 533 g/mol. The van der Waals surface area contributed by atoms with Crippen molar-refractivity contribution in [2.45, 2.75) is 25.8 Å². The summed E-state index contributed by atoms with van der Waals surface area (Å²) in [6.07, 6.45) is 0.551. The van der Waals surface area contributed by atoms with Gasteiger partial charge in [0.1, 0.15) is 11.8 Å². The summed E-state index contributed by atoms with van der Waals surface area (Å²) < 4.78 is 16.3. The molecule has 1 aliphatic heterocycles. The fourth-order valence-electron chi connectivity index (χ4n) is 4.38. The minimum absolute atomic E-state index is 0.0344. The molecule has 8 nitrogen and oxygen atoms in total. The van der Waals surface area contributed by atoms with Crippen molar-refractivity contribution in [1.29, 1.82) is 0 Å². The Morgan fingerprint density at radius 3 is 2.34 bits per heavy atom. The zero-order valence-electron chi connectivity index (χ0n) is 21.7. The maximum atomic E-state index is 13.7. The number of rotatable bonds is 11. The number of anilines is 2. The van der Waals surface area contributed by atoms with E-state index in [1.165, 1.54) is 4.90 Å². The van der Waals surface area contributed by atoms with Gasteiger partial charge in [-0.3, -0.25) is 14.5 Å². The predicted molar refractivity (Wildman–Crippen MR) is 151 cm³/mol. The van der Waals surface area contributed by atoms with Gasteiger partial charge >= 0.3 is 0 Å². The van der Waals surface area contributed by atoms with Crippen LogP contribution in [0, 0.1) is 0 Å². The van der Waals surface area contributed by atoms with Gasteiger partial charge in [0.25, 0.3) is 5.91 Å². The van der Waals surface area contributed by atoms with Crippen LogP contribution in [0.3, 0.4) is 0 Å². The van der Waals surface area contributed by atoms with Crippen molar-refractivity contribution in [3.63, 3.8) is 0 Å². The third-order valence-corrected chi connectivity index (χ3v) is 6.67. The summed E-state index contributed by atoms with van der Waals surface area (Å²) in [5.41, 5.74) is 2.29. The van der Waals surface area contributed by atoms with Crippen LogP contribution in [-0.4, -0.2) is 55.2 Å². The normalized spacial score (nSPS) is 15.0. The highest BCUT2D eigenvalue weighted by molar-refractivity contribution is 7.80. The molecule has 3 aromatic carbocycles. The summed E-state index contributed by atoms with van der Waals surface area (Å²) in [6.45, 7) is 2.90. The molecule has 3 aromatic rings. The highest BCUT2D eigenvalue weighted by Crippen LogP contribution is 2.31. The van der Waals surface area contributed by atoms with Gasteiger partial charge in [0, 0.05) is 12.2 Å². The average Bonchev–Trinajstić information content (AvgIpc) is 3.16. The molecular weight excluding hydrogens is 502 g/mol. The zero-order chi connectivity index (χ0) is 27.1. The van der Waals surface area contributed by atoms with Crippen molar-refractivity contribution in [2.75, 3.05) is 37.6 Å². The number of carbonyl (C=O) groups excluding carboxylic acids is 2. The molecule has 0 saturated carbocycles. The van der Waals surface area contributed by atoms with Crippen molar-refractivity contribution in [3.05, 3.63) is 78.4 Å². The number of hydrogen-bond acceptors (Lipinski definition) is 6. The van der Waals surface area contributed by atoms with E-state index in [9.17, 15) is 9.59 Å². The third kappa shape index (κ3) is 6.06. The summed E-state index contributed by atoms with van der Waals surface area (Å²) in [5, 5.41) is 3.23. The van der Waals surface area contributed by atoms with E-state index in [4.69, 9.17) is 26.4 Å². The van der Waals surface area contributed by atoms with Crippen LogP contribution in [-0.2, 0) is 16.0 Å². The fraction of sp³-hybridized carbons (Fsp3) is 0.276. The largest absolute Gasteiger partial charge is 0.494 e. The van der Waals surface area contributed by atoms with E-state index in [0.29, 0.717) is 53.3 Å². The molecule has 1 aliphatic rings. The topological polar surface area (TPSA) is 80.3 Å². The molecule has 0 spiro atoms. The van der Waals surface area contributed by atoms with Crippen molar-refractivity contribution >= 4 is 40.5 Å². The summed E-state index contributed by atoms with van der Waals surface area (Å²) in [7, 11) is 3.18. The van der Waals surface area contributed by atoms with Crippen LogP contribution in [0.4, 0.5) is 11.4 Å². The van der Waals surface area contributed by atoms with Gasteiger partial charge in [0.2, 0.25) is 5.91 Å². The van der Waals surface area contributed by atoms with E-state index in [1.807, 2.05) is 48.2 Å². The first kappa shape index (κ1) is 26.9. The molecule has 1 fully saturated rings. The van der Waals surface area contributed by atoms with Crippen LogP contribution in [0.15, 0.2) is 72.8 Å². The Morgan fingerprint density at radius 2 is 1.68 bits per heavy atom. The van der Waals surface area contributed by atoms with E-state index >= 15 is 0 Å². The minimum atomic E-state index is -0.738. The molecule has 38 heavy (non-hydrogen) atoms. The SMILES string of the molecule is CCOc1ccc(N2C(=O)C(CC(=O)Nc3ccccc3)N(CCc3ccc(OC)c(OC)c3)C2=S)cc1. The second-order valence-electron chi connectivity index (χ2n) is 8.65. The Labute approximate surface area is 228 Å². The Morgan fingerprint density at radius 1 is 0.974 bits per heavy atom. The van der Waals surface area contributed by atoms with Crippen molar-refractivity contribution in [3.8, 4) is 17.2 Å². The van der Waals surface area contributed by atoms with Gasteiger partial charge in [-0.25, -0.2) is 0 Å². The number of amides is 2. The first-order valence-corrected chi connectivity index (χ1v) is 12.8. The Bertz CT molecular complexity index is 1280. The standard InChI is InChI=1S/C29H31N3O5S/c1-4-37-23-13-11-22(12-14-23)32-28(34)24(19-27(33)30-21-8-6-5-7-9-21)31(29(32)38)17-16-20-10-15-25(35-2)26(18-20)36-3/h5-15,18,24H,4,16-17,19H2,1-3H3,(H,30,33). The van der Waals surface area contributed by atoms with Crippen molar-refractivity contribution < 1.29 is 23.8 Å². The summed E-state index contributed by atoms with van der Waals surface area (Å²) >= 11 is 5.79. The molecule has 198 valence electrons. The predicted octanol–water partition coefficient (Wildman–Crippen LogP) is 4.68. The number of thiocarbonyl (C=S) groups is 1. The van der Waals surface area contributed by atoms with Gasteiger partial charge in [-0.15, -0.1) is 0 Å². The van der Waals surface area contributed by atoms with Crippen molar-refractivity contribution in [1.82, 2.24) is 4.90 Å². The molecule has 0 aromatic heterocycles.